The van der Waals surface area contributed by atoms with E-state index in [1.807, 2.05) is 13.2 Å². The second-order valence-electron chi connectivity index (χ2n) is 3.96. The Bertz CT molecular complexity index is 454. The van der Waals surface area contributed by atoms with E-state index < -0.39 is 18.0 Å². The molecule has 0 spiro atoms. The summed E-state index contributed by atoms with van der Waals surface area (Å²) in [5.74, 6) is -0.365. The lowest BCUT2D eigenvalue weighted by Crippen LogP contribution is -2.43. The Balaban J connectivity index is 2.58. The summed E-state index contributed by atoms with van der Waals surface area (Å²) in [6.45, 7) is 1.83. The predicted octanol–water partition coefficient (Wildman–Crippen LogP) is 1.72. The average molecular weight is 283 g/mol. The minimum absolute atomic E-state index is 0.385. The van der Waals surface area contributed by atoms with Gasteiger partial charge in [-0.3, -0.25) is 4.98 Å². The number of anilines is 1. The highest BCUT2D eigenvalue weighted by atomic mass is 32.2. The van der Waals surface area contributed by atoms with Gasteiger partial charge in [-0.1, -0.05) is 0 Å². The van der Waals surface area contributed by atoms with Gasteiger partial charge in [-0.05, 0) is 37.0 Å². The summed E-state index contributed by atoms with van der Waals surface area (Å²) in [6, 6.07) is 0.340. The number of aryl methyl sites for hydroxylation is 1. The number of pyridine rings is 1. The minimum atomic E-state index is -1.04. The molecule has 0 aliphatic rings. The van der Waals surface area contributed by atoms with Crippen LogP contribution in [-0.2, 0) is 4.79 Å². The van der Waals surface area contributed by atoms with Crippen LogP contribution in [0.2, 0.25) is 0 Å². The first-order valence-corrected chi connectivity index (χ1v) is 7.14. The molecule has 0 fully saturated rings. The standard InChI is InChI=1S/C12H17N3O3S/c1-8-3-5-13-7-10(8)15-12(18)14-9(11(16)17)4-6-19-2/h3,5,7,9H,4,6H2,1-2H3,(H,16,17)(H2,14,15,18)/t9-/m1/s1. The van der Waals surface area contributed by atoms with Crippen LogP contribution in [0.5, 0.6) is 0 Å². The molecule has 0 aliphatic carbocycles. The Hall–Kier alpha value is -1.76. The Morgan fingerprint density at radius 1 is 1.53 bits per heavy atom. The van der Waals surface area contributed by atoms with Crippen LogP contribution in [0.15, 0.2) is 18.5 Å². The quantitative estimate of drug-likeness (QED) is 0.739. The first-order valence-electron chi connectivity index (χ1n) is 5.74. The number of rotatable bonds is 6. The van der Waals surface area contributed by atoms with Crippen molar-refractivity contribution in [1.29, 1.82) is 0 Å². The highest BCUT2D eigenvalue weighted by molar-refractivity contribution is 7.98. The number of hydrogen-bond donors (Lipinski definition) is 3. The van der Waals surface area contributed by atoms with E-state index in [0.29, 0.717) is 17.9 Å². The Kier molecular flexibility index (Phi) is 6.14. The van der Waals surface area contributed by atoms with E-state index in [-0.39, 0.29) is 0 Å². The van der Waals surface area contributed by atoms with E-state index >= 15 is 0 Å². The fourth-order valence-corrected chi connectivity index (χ4v) is 1.88. The van der Waals surface area contributed by atoms with Crippen molar-refractivity contribution in [3.63, 3.8) is 0 Å². The molecule has 0 radical (unpaired) electrons. The van der Waals surface area contributed by atoms with E-state index in [9.17, 15) is 9.59 Å². The number of amides is 2. The summed E-state index contributed by atoms with van der Waals surface area (Å²) in [4.78, 5) is 26.6. The number of thioether (sulfide) groups is 1. The fourth-order valence-electron chi connectivity index (χ4n) is 1.40. The molecule has 1 heterocycles. The van der Waals surface area contributed by atoms with Crippen molar-refractivity contribution in [3.8, 4) is 0 Å². The molecule has 0 aliphatic heterocycles. The van der Waals surface area contributed by atoms with Crippen LogP contribution in [0.25, 0.3) is 0 Å². The third kappa shape index (κ3) is 5.17. The Labute approximate surface area is 116 Å². The van der Waals surface area contributed by atoms with Crippen molar-refractivity contribution in [2.45, 2.75) is 19.4 Å². The molecule has 1 aromatic heterocycles. The third-order valence-electron chi connectivity index (χ3n) is 2.50. The van der Waals surface area contributed by atoms with E-state index in [4.69, 9.17) is 5.11 Å². The third-order valence-corrected chi connectivity index (χ3v) is 3.15. The van der Waals surface area contributed by atoms with Gasteiger partial charge in [0.05, 0.1) is 11.9 Å². The number of aliphatic carboxylic acids is 1. The molecule has 0 aromatic carbocycles. The maximum atomic E-state index is 11.7. The Morgan fingerprint density at radius 3 is 2.84 bits per heavy atom. The van der Waals surface area contributed by atoms with Crippen molar-refractivity contribution in [2.24, 2.45) is 0 Å². The lowest BCUT2D eigenvalue weighted by Gasteiger charge is -2.15. The summed E-state index contributed by atoms with van der Waals surface area (Å²) in [6.07, 6.45) is 5.41. The summed E-state index contributed by atoms with van der Waals surface area (Å²) >= 11 is 1.54. The van der Waals surface area contributed by atoms with Gasteiger partial charge in [0.2, 0.25) is 0 Å². The number of carbonyl (C=O) groups excluding carboxylic acids is 1. The van der Waals surface area contributed by atoms with Gasteiger partial charge in [0.15, 0.2) is 0 Å². The number of carbonyl (C=O) groups is 2. The fraction of sp³-hybridized carbons (Fsp3) is 0.417. The molecule has 1 rings (SSSR count). The molecular formula is C12H17N3O3S. The first kappa shape index (κ1) is 15.3. The van der Waals surface area contributed by atoms with Gasteiger partial charge in [-0.15, -0.1) is 0 Å². The first-order chi connectivity index (χ1) is 9.04. The molecule has 0 saturated carbocycles. The maximum absolute atomic E-state index is 11.7. The lowest BCUT2D eigenvalue weighted by molar-refractivity contribution is -0.139. The van der Waals surface area contributed by atoms with Crippen LogP contribution in [0.1, 0.15) is 12.0 Å². The zero-order chi connectivity index (χ0) is 14.3. The Morgan fingerprint density at radius 2 is 2.26 bits per heavy atom. The number of urea groups is 1. The molecule has 19 heavy (non-hydrogen) atoms. The van der Waals surface area contributed by atoms with Crippen molar-refractivity contribution in [1.82, 2.24) is 10.3 Å². The van der Waals surface area contributed by atoms with Gasteiger partial charge in [-0.25, -0.2) is 9.59 Å². The van der Waals surface area contributed by atoms with Crippen molar-refractivity contribution in [2.75, 3.05) is 17.3 Å². The van der Waals surface area contributed by atoms with Crippen LogP contribution in [-0.4, -0.2) is 40.1 Å². The zero-order valence-corrected chi connectivity index (χ0v) is 11.7. The molecule has 2 amide bonds. The van der Waals surface area contributed by atoms with Gasteiger partial charge in [-0.2, -0.15) is 11.8 Å². The second kappa shape index (κ2) is 7.63. The minimum Gasteiger partial charge on any atom is -0.480 e. The summed E-state index contributed by atoms with van der Waals surface area (Å²) < 4.78 is 0. The van der Waals surface area contributed by atoms with E-state index in [1.165, 1.54) is 18.0 Å². The van der Waals surface area contributed by atoms with Crippen LogP contribution >= 0.6 is 11.8 Å². The van der Waals surface area contributed by atoms with Crippen molar-refractivity contribution < 1.29 is 14.7 Å². The summed E-state index contributed by atoms with van der Waals surface area (Å²) in [7, 11) is 0. The highest BCUT2D eigenvalue weighted by Gasteiger charge is 2.19. The number of aromatic nitrogens is 1. The number of carboxylic acid groups (broad SMARTS) is 1. The van der Waals surface area contributed by atoms with Gasteiger partial charge >= 0.3 is 12.0 Å². The topological polar surface area (TPSA) is 91.3 Å². The molecule has 7 heteroatoms. The van der Waals surface area contributed by atoms with Crippen LogP contribution in [0, 0.1) is 6.92 Å². The van der Waals surface area contributed by atoms with Gasteiger partial charge in [0, 0.05) is 6.20 Å². The number of carboxylic acids is 1. The molecule has 104 valence electrons. The smallest absolute Gasteiger partial charge is 0.326 e. The largest absolute Gasteiger partial charge is 0.480 e. The van der Waals surface area contributed by atoms with E-state index in [0.717, 1.165) is 5.56 Å². The molecule has 0 bridgehead atoms. The summed E-state index contributed by atoms with van der Waals surface area (Å²) in [5, 5.41) is 14.0. The van der Waals surface area contributed by atoms with Gasteiger partial charge in [0.25, 0.3) is 0 Å². The SMILES string of the molecule is CSCC[C@@H](NC(=O)Nc1cnccc1C)C(=O)O. The monoisotopic (exact) mass is 283 g/mol. The molecule has 1 aromatic rings. The van der Waals surface area contributed by atoms with Crippen molar-refractivity contribution >= 4 is 29.4 Å². The number of hydrogen-bond acceptors (Lipinski definition) is 4. The zero-order valence-electron chi connectivity index (χ0n) is 10.8. The molecule has 6 nitrogen and oxygen atoms in total. The number of nitrogens with one attached hydrogen (secondary N) is 2. The number of nitrogens with zero attached hydrogens (tertiary/aromatic N) is 1. The van der Waals surface area contributed by atoms with Crippen LogP contribution in [0.4, 0.5) is 10.5 Å². The normalized spacial score (nSPS) is 11.7. The molecule has 1 atom stereocenters. The van der Waals surface area contributed by atoms with E-state index in [2.05, 4.69) is 15.6 Å². The van der Waals surface area contributed by atoms with Crippen LogP contribution in [0.3, 0.4) is 0 Å². The predicted molar refractivity (Wildman–Crippen MR) is 75.6 cm³/mol. The van der Waals surface area contributed by atoms with Gasteiger partial charge < -0.3 is 15.7 Å². The molecule has 0 saturated heterocycles. The summed E-state index contributed by atoms with van der Waals surface area (Å²) in [5.41, 5.74) is 1.43. The average Bonchev–Trinajstić information content (AvgIpc) is 2.37. The molecular weight excluding hydrogens is 266 g/mol. The highest BCUT2D eigenvalue weighted by Crippen LogP contribution is 2.11. The maximum Gasteiger partial charge on any atom is 0.326 e. The molecule has 0 unspecified atom stereocenters. The van der Waals surface area contributed by atoms with E-state index in [1.54, 1.807) is 12.3 Å². The lowest BCUT2D eigenvalue weighted by atomic mass is 10.2. The molecule has 3 N–H and O–H groups in total. The van der Waals surface area contributed by atoms with Crippen LogP contribution < -0.4 is 10.6 Å². The van der Waals surface area contributed by atoms with Gasteiger partial charge in [0.1, 0.15) is 6.04 Å². The second-order valence-corrected chi connectivity index (χ2v) is 4.95. The van der Waals surface area contributed by atoms with Crippen molar-refractivity contribution in [3.05, 3.63) is 24.0 Å².